The normalized spacial score (nSPS) is 11.1. The minimum Gasteiger partial charge on any atom is -0.366 e. The van der Waals surface area contributed by atoms with Crippen LogP contribution in [0.25, 0.3) is 11.4 Å². The number of nitrogens with zero attached hydrogens (tertiary/aromatic N) is 2. The number of amides is 1. The van der Waals surface area contributed by atoms with Gasteiger partial charge in [0.15, 0.2) is 5.82 Å². The minimum absolute atomic E-state index is 0.218. The number of carbonyl (C=O) groups excluding carboxylic acids is 1. The molecule has 0 radical (unpaired) electrons. The number of hydrogen-bond acceptors (Lipinski definition) is 4. The molecule has 0 aliphatic heterocycles. The molecule has 0 aliphatic rings. The lowest BCUT2D eigenvalue weighted by Crippen LogP contribution is -2.41. The summed E-state index contributed by atoms with van der Waals surface area (Å²) in [6, 6.07) is 21.4. The largest absolute Gasteiger partial charge is 0.366 e. The first-order valence-electron chi connectivity index (χ1n) is 8.95. The Morgan fingerprint density at radius 1 is 0.926 bits per heavy atom. The van der Waals surface area contributed by atoms with Crippen LogP contribution in [0.2, 0.25) is 0 Å². The average molecular weight is 360 g/mol. The van der Waals surface area contributed by atoms with Gasteiger partial charge in [-0.3, -0.25) is 4.79 Å². The summed E-state index contributed by atoms with van der Waals surface area (Å²) in [6.45, 7) is 6.45. The van der Waals surface area contributed by atoms with Gasteiger partial charge in [0.1, 0.15) is 11.5 Å². The van der Waals surface area contributed by atoms with Gasteiger partial charge in [-0.05, 0) is 26.3 Å². The summed E-state index contributed by atoms with van der Waals surface area (Å²) in [4.78, 5) is 21.7. The third-order valence-corrected chi connectivity index (χ3v) is 3.80. The van der Waals surface area contributed by atoms with Crippen LogP contribution in [0.3, 0.4) is 0 Å². The molecule has 0 unspecified atom stereocenters. The Morgan fingerprint density at radius 2 is 1.56 bits per heavy atom. The Bertz CT molecular complexity index is 903. The van der Waals surface area contributed by atoms with E-state index in [1.807, 2.05) is 81.4 Å². The van der Waals surface area contributed by atoms with Crippen LogP contribution in [0.15, 0.2) is 66.7 Å². The van der Waals surface area contributed by atoms with E-state index < -0.39 is 0 Å². The van der Waals surface area contributed by atoms with Crippen molar-refractivity contribution in [3.63, 3.8) is 0 Å². The summed E-state index contributed by atoms with van der Waals surface area (Å²) < 4.78 is 0. The second-order valence-corrected chi connectivity index (χ2v) is 7.37. The van der Waals surface area contributed by atoms with Gasteiger partial charge in [-0.2, -0.15) is 0 Å². The van der Waals surface area contributed by atoms with E-state index in [4.69, 9.17) is 0 Å². The minimum atomic E-state index is -0.341. The molecule has 3 aromatic rings. The molecule has 3 rings (SSSR count). The lowest BCUT2D eigenvalue weighted by atomic mass is 10.1. The average Bonchev–Trinajstić information content (AvgIpc) is 2.66. The number of carbonyl (C=O) groups is 1. The van der Waals surface area contributed by atoms with E-state index in [1.54, 1.807) is 6.07 Å². The summed E-state index contributed by atoms with van der Waals surface area (Å²) in [7, 11) is 0. The Hall–Kier alpha value is -3.21. The van der Waals surface area contributed by atoms with Gasteiger partial charge < -0.3 is 10.6 Å². The van der Waals surface area contributed by atoms with E-state index in [0.29, 0.717) is 23.9 Å². The van der Waals surface area contributed by atoms with Crippen molar-refractivity contribution in [2.45, 2.75) is 32.9 Å². The zero-order valence-corrected chi connectivity index (χ0v) is 15.9. The topological polar surface area (TPSA) is 66.9 Å². The number of hydrogen-bond donors (Lipinski definition) is 2. The summed E-state index contributed by atoms with van der Waals surface area (Å²) in [6.07, 6.45) is 0. The smallest absolute Gasteiger partial charge is 0.270 e. The van der Waals surface area contributed by atoms with Crippen LogP contribution in [0.4, 0.5) is 5.82 Å². The molecular formula is C22H24N4O. The molecule has 0 saturated heterocycles. The fourth-order valence-electron chi connectivity index (χ4n) is 2.56. The number of aromatic nitrogens is 2. The van der Waals surface area contributed by atoms with Gasteiger partial charge in [0.05, 0.1) is 0 Å². The molecule has 2 aromatic carbocycles. The van der Waals surface area contributed by atoms with Crippen molar-refractivity contribution in [2.24, 2.45) is 0 Å². The highest BCUT2D eigenvalue weighted by Gasteiger charge is 2.18. The van der Waals surface area contributed by atoms with E-state index in [0.717, 1.165) is 11.1 Å². The van der Waals surface area contributed by atoms with Crippen LogP contribution < -0.4 is 10.6 Å². The van der Waals surface area contributed by atoms with Crippen LogP contribution in [-0.2, 0) is 6.54 Å². The lowest BCUT2D eigenvalue weighted by Gasteiger charge is -2.20. The van der Waals surface area contributed by atoms with Gasteiger partial charge in [0, 0.05) is 23.7 Å². The first-order chi connectivity index (χ1) is 12.9. The third kappa shape index (κ3) is 5.38. The van der Waals surface area contributed by atoms with Gasteiger partial charge in [0.2, 0.25) is 0 Å². The summed E-state index contributed by atoms with van der Waals surface area (Å²) >= 11 is 0. The monoisotopic (exact) mass is 360 g/mol. The fourth-order valence-corrected chi connectivity index (χ4v) is 2.56. The quantitative estimate of drug-likeness (QED) is 0.712. The predicted octanol–water partition coefficient (Wildman–Crippen LogP) is 4.28. The molecule has 0 aliphatic carbocycles. The second kappa shape index (κ2) is 7.99. The molecule has 1 aromatic heterocycles. The summed E-state index contributed by atoms with van der Waals surface area (Å²) in [5, 5.41) is 6.26. The molecule has 2 N–H and O–H groups in total. The first kappa shape index (κ1) is 18.6. The van der Waals surface area contributed by atoms with Crippen molar-refractivity contribution >= 4 is 11.7 Å². The third-order valence-electron chi connectivity index (χ3n) is 3.80. The summed E-state index contributed by atoms with van der Waals surface area (Å²) in [5.41, 5.74) is 2.00. The van der Waals surface area contributed by atoms with Gasteiger partial charge >= 0.3 is 0 Å². The SMILES string of the molecule is CC(C)(C)NC(=O)c1cc(NCc2ccccc2)nc(-c2ccccc2)n1. The Kier molecular flexibility index (Phi) is 5.50. The molecule has 0 bridgehead atoms. The van der Waals surface area contributed by atoms with Crippen molar-refractivity contribution in [3.8, 4) is 11.4 Å². The van der Waals surface area contributed by atoms with E-state index in [1.165, 1.54) is 0 Å². The molecule has 27 heavy (non-hydrogen) atoms. The standard InChI is InChI=1S/C22H24N4O/c1-22(2,3)26-21(27)18-14-19(23-15-16-10-6-4-7-11-16)25-20(24-18)17-12-8-5-9-13-17/h4-14H,15H2,1-3H3,(H,26,27)(H,23,24,25). The van der Waals surface area contributed by atoms with Gasteiger partial charge in [-0.25, -0.2) is 9.97 Å². The highest BCUT2D eigenvalue weighted by molar-refractivity contribution is 5.93. The highest BCUT2D eigenvalue weighted by atomic mass is 16.2. The molecular weight excluding hydrogens is 336 g/mol. The zero-order chi connectivity index (χ0) is 19.3. The number of anilines is 1. The summed E-state index contributed by atoms with van der Waals surface area (Å²) in [5.74, 6) is 0.921. The number of nitrogens with one attached hydrogen (secondary N) is 2. The zero-order valence-electron chi connectivity index (χ0n) is 15.9. The maximum atomic E-state index is 12.6. The molecule has 1 heterocycles. The van der Waals surface area contributed by atoms with Crippen molar-refractivity contribution in [2.75, 3.05) is 5.32 Å². The van der Waals surface area contributed by atoms with Crippen molar-refractivity contribution < 1.29 is 4.79 Å². The Balaban J connectivity index is 1.91. The van der Waals surface area contributed by atoms with Crippen molar-refractivity contribution in [1.29, 1.82) is 0 Å². The highest BCUT2D eigenvalue weighted by Crippen LogP contribution is 2.19. The molecule has 0 saturated carbocycles. The molecule has 5 heteroatoms. The molecule has 0 spiro atoms. The predicted molar refractivity (Wildman–Crippen MR) is 108 cm³/mol. The van der Waals surface area contributed by atoms with Gasteiger partial charge in [-0.15, -0.1) is 0 Å². The molecule has 138 valence electrons. The maximum Gasteiger partial charge on any atom is 0.270 e. The Morgan fingerprint density at radius 3 is 2.19 bits per heavy atom. The second-order valence-electron chi connectivity index (χ2n) is 7.37. The van der Waals surface area contributed by atoms with Gasteiger partial charge in [0.25, 0.3) is 5.91 Å². The van der Waals surface area contributed by atoms with E-state index in [9.17, 15) is 4.79 Å². The number of benzene rings is 2. The van der Waals surface area contributed by atoms with E-state index >= 15 is 0 Å². The van der Waals surface area contributed by atoms with E-state index in [-0.39, 0.29) is 11.4 Å². The van der Waals surface area contributed by atoms with Crippen molar-refractivity contribution in [3.05, 3.63) is 78.0 Å². The van der Waals surface area contributed by atoms with E-state index in [2.05, 4.69) is 20.6 Å². The van der Waals surface area contributed by atoms with Gasteiger partial charge in [-0.1, -0.05) is 60.7 Å². The lowest BCUT2D eigenvalue weighted by molar-refractivity contribution is 0.0914. The first-order valence-corrected chi connectivity index (χ1v) is 8.95. The van der Waals surface area contributed by atoms with Crippen molar-refractivity contribution in [1.82, 2.24) is 15.3 Å². The number of rotatable bonds is 5. The maximum absolute atomic E-state index is 12.6. The molecule has 1 amide bonds. The van der Waals surface area contributed by atoms with Crippen LogP contribution in [0, 0.1) is 0 Å². The molecule has 0 atom stereocenters. The molecule has 0 fully saturated rings. The Labute approximate surface area is 159 Å². The van der Waals surface area contributed by atoms with Crippen LogP contribution in [0.5, 0.6) is 0 Å². The molecule has 5 nitrogen and oxygen atoms in total. The van der Waals surface area contributed by atoms with Crippen LogP contribution >= 0.6 is 0 Å². The van der Waals surface area contributed by atoms with Crippen LogP contribution in [0.1, 0.15) is 36.8 Å². The van der Waals surface area contributed by atoms with Crippen LogP contribution in [-0.4, -0.2) is 21.4 Å². The fraction of sp³-hybridized carbons (Fsp3) is 0.227.